The predicted octanol–water partition coefficient (Wildman–Crippen LogP) is 0.816. The topological polar surface area (TPSA) is 55.1 Å². The van der Waals surface area contributed by atoms with Crippen molar-refractivity contribution in [2.24, 2.45) is 5.73 Å². The van der Waals surface area contributed by atoms with Crippen LogP contribution in [0.2, 0.25) is 0 Å². The highest BCUT2D eigenvalue weighted by molar-refractivity contribution is 5.85. The average Bonchev–Trinajstić information content (AvgIpc) is 2.68. The molecule has 0 heterocycles. The first-order valence-corrected chi connectivity index (χ1v) is 4.22. The first kappa shape index (κ1) is 11.7. The summed E-state index contributed by atoms with van der Waals surface area (Å²) < 4.78 is 0. The molecule has 1 amide bonds. The summed E-state index contributed by atoms with van der Waals surface area (Å²) in [7, 11) is 0. The van der Waals surface area contributed by atoms with Gasteiger partial charge in [-0.05, 0) is 19.3 Å². The van der Waals surface area contributed by atoms with Crippen molar-refractivity contribution in [3.8, 4) is 0 Å². The predicted molar refractivity (Wildman–Crippen MR) is 51.3 cm³/mol. The number of nitrogens with one attached hydrogen (secondary N) is 1. The van der Waals surface area contributed by atoms with E-state index in [2.05, 4.69) is 5.32 Å². The maximum Gasteiger partial charge on any atom is 0.219 e. The standard InChI is InChI=1S/C8H16N2O.ClH/c1-2-7(11)10-6-5-8(9)3-4-8;/h2-6,9H2,1H3,(H,10,11);1H. The zero-order valence-corrected chi connectivity index (χ0v) is 8.25. The van der Waals surface area contributed by atoms with Crippen LogP contribution < -0.4 is 11.1 Å². The molecule has 3 N–H and O–H groups in total. The van der Waals surface area contributed by atoms with Gasteiger partial charge in [0.15, 0.2) is 0 Å². The van der Waals surface area contributed by atoms with E-state index in [1.807, 2.05) is 6.92 Å². The Morgan fingerprint density at radius 2 is 2.17 bits per heavy atom. The molecule has 3 nitrogen and oxygen atoms in total. The third kappa shape index (κ3) is 3.93. The Hall–Kier alpha value is -0.280. The van der Waals surface area contributed by atoms with E-state index in [1.54, 1.807) is 0 Å². The second-order valence-electron chi connectivity index (χ2n) is 3.32. The molecule has 0 aromatic rings. The molecule has 0 unspecified atom stereocenters. The molecule has 0 atom stereocenters. The number of rotatable bonds is 4. The number of carbonyl (C=O) groups is 1. The van der Waals surface area contributed by atoms with Gasteiger partial charge in [0.2, 0.25) is 5.91 Å². The fourth-order valence-corrected chi connectivity index (χ4v) is 0.986. The van der Waals surface area contributed by atoms with Crippen molar-refractivity contribution in [1.29, 1.82) is 0 Å². The van der Waals surface area contributed by atoms with Gasteiger partial charge in [-0.25, -0.2) is 0 Å². The van der Waals surface area contributed by atoms with E-state index in [0.717, 1.165) is 25.8 Å². The highest BCUT2D eigenvalue weighted by atomic mass is 35.5. The molecular weight excluding hydrogens is 176 g/mol. The van der Waals surface area contributed by atoms with Crippen molar-refractivity contribution >= 4 is 18.3 Å². The first-order chi connectivity index (χ1) is 5.16. The minimum atomic E-state index is 0. The van der Waals surface area contributed by atoms with Gasteiger partial charge in [0, 0.05) is 18.5 Å². The maximum atomic E-state index is 10.8. The Morgan fingerprint density at radius 3 is 2.58 bits per heavy atom. The van der Waals surface area contributed by atoms with Crippen LogP contribution in [0.1, 0.15) is 32.6 Å². The number of hydrogen-bond donors (Lipinski definition) is 2. The molecule has 0 aromatic carbocycles. The van der Waals surface area contributed by atoms with Crippen molar-refractivity contribution in [3.05, 3.63) is 0 Å². The van der Waals surface area contributed by atoms with Crippen LogP contribution in [0.5, 0.6) is 0 Å². The fraction of sp³-hybridized carbons (Fsp3) is 0.875. The minimum Gasteiger partial charge on any atom is -0.356 e. The van der Waals surface area contributed by atoms with Crippen LogP contribution in [0.4, 0.5) is 0 Å². The van der Waals surface area contributed by atoms with Crippen molar-refractivity contribution < 1.29 is 4.79 Å². The van der Waals surface area contributed by atoms with Gasteiger partial charge in [0.05, 0.1) is 0 Å². The monoisotopic (exact) mass is 192 g/mol. The van der Waals surface area contributed by atoms with Crippen molar-refractivity contribution in [1.82, 2.24) is 5.32 Å². The molecule has 0 saturated heterocycles. The number of nitrogens with two attached hydrogens (primary N) is 1. The van der Waals surface area contributed by atoms with E-state index < -0.39 is 0 Å². The fourth-order valence-electron chi connectivity index (χ4n) is 0.986. The van der Waals surface area contributed by atoms with Crippen molar-refractivity contribution in [2.45, 2.75) is 38.1 Å². The van der Waals surface area contributed by atoms with E-state index in [1.165, 1.54) is 0 Å². The summed E-state index contributed by atoms with van der Waals surface area (Å²) in [6.45, 7) is 2.59. The largest absolute Gasteiger partial charge is 0.356 e. The van der Waals surface area contributed by atoms with Gasteiger partial charge in [0.1, 0.15) is 0 Å². The van der Waals surface area contributed by atoms with Crippen LogP contribution in [0, 0.1) is 0 Å². The molecule has 12 heavy (non-hydrogen) atoms. The second kappa shape index (κ2) is 4.67. The number of amides is 1. The lowest BCUT2D eigenvalue weighted by Gasteiger charge is -2.08. The molecule has 1 aliphatic carbocycles. The molecular formula is C8H17ClN2O. The van der Waals surface area contributed by atoms with Gasteiger partial charge in [0.25, 0.3) is 0 Å². The Kier molecular flexibility index (Phi) is 4.57. The van der Waals surface area contributed by atoms with Crippen LogP contribution >= 0.6 is 12.4 Å². The number of hydrogen-bond acceptors (Lipinski definition) is 2. The molecule has 0 radical (unpaired) electrons. The van der Waals surface area contributed by atoms with Gasteiger partial charge >= 0.3 is 0 Å². The third-order valence-corrected chi connectivity index (χ3v) is 2.16. The Labute approximate surface area is 79.5 Å². The smallest absolute Gasteiger partial charge is 0.219 e. The molecule has 72 valence electrons. The van der Waals surface area contributed by atoms with Crippen LogP contribution in [0.3, 0.4) is 0 Å². The van der Waals surface area contributed by atoms with E-state index in [4.69, 9.17) is 5.73 Å². The summed E-state index contributed by atoms with van der Waals surface area (Å²) >= 11 is 0. The van der Waals surface area contributed by atoms with Gasteiger partial charge in [-0.1, -0.05) is 6.92 Å². The van der Waals surface area contributed by atoms with E-state index in [9.17, 15) is 4.79 Å². The first-order valence-electron chi connectivity index (χ1n) is 4.22. The molecule has 1 aliphatic rings. The molecule has 1 fully saturated rings. The van der Waals surface area contributed by atoms with E-state index >= 15 is 0 Å². The van der Waals surface area contributed by atoms with Crippen LogP contribution in [0.15, 0.2) is 0 Å². The van der Waals surface area contributed by atoms with Crippen molar-refractivity contribution in [2.75, 3.05) is 6.54 Å². The van der Waals surface area contributed by atoms with Crippen molar-refractivity contribution in [3.63, 3.8) is 0 Å². The summed E-state index contributed by atoms with van der Waals surface area (Å²) in [5, 5.41) is 2.81. The van der Waals surface area contributed by atoms with E-state index in [0.29, 0.717) is 6.42 Å². The van der Waals surface area contributed by atoms with Gasteiger partial charge in [-0.15, -0.1) is 12.4 Å². The molecule has 1 rings (SSSR count). The quantitative estimate of drug-likeness (QED) is 0.693. The Morgan fingerprint density at radius 1 is 1.58 bits per heavy atom. The highest BCUT2D eigenvalue weighted by Gasteiger charge is 2.37. The van der Waals surface area contributed by atoms with Gasteiger partial charge < -0.3 is 11.1 Å². The zero-order valence-electron chi connectivity index (χ0n) is 7.43. The molecule has 0 aliphatic heterocycles. The lowest BCUT2D eigenvalue weighted by molar-refractivity contribution is -0.120. The molecule has 4 heteroatoms. The van der Waals surface area contributed by atoms with Gasteiger partial charge in [-0.2, -0.15) is 0 Å². The summed E-state index contributed by atoms with van der Waals surface area (Å²) in [5.41, 5.74) is 5.89. The Balaban J connectivity index is 0.00000121. The summed E-state index contributed by atoms with van der Waals surface area (Å²) in [4.78, 5) is 10.8. The number of carbonyl (C=O) groups excluding carboxylic acids is 1. The van der Waals surface area contributed by atoms with Crippen LogP contribution in [0.25, 0.3) is 0 Å². The lowest BCUT2D eigenvalue weighted by atomic mass is 10.2. The summed E-state index contributed by atoms with van der Waals surface area (Å²) in [5.74, 6) is 0.120. The Bertz CT molecular complexity index is 157. The van der Waals surface area contributed by atoms with Crippen LogP contribution in [-0.4, -0.2) is 18.0 Å². The maximum absolute atomic E-state index is 10.8. The highest BCUT2D eigenvalue weighted by Crippen LogP contribution is 2.34. The third-order valence-electron chi connectivity index (χ3n) is 2.16. The minimum absolute atomic E-state index is 0. The summed E-state index contributed by atoms with van der Waals surface area (Å²) in [6.07, 6.45) is 3.74. The normalized spacial score (nSPS) is 17.8. The second-order valence-corrected chi connectivity index (χ2v) is 3.32. The SMILES string of the molecule is CCC(=O)NCCC1(N)CC1.Cl. The zero-order chi connectivity index (χ0) is 8.32. The van der Waals surface area contributed by atoms with E-state index in [-0.39, 0.29) is 23.9 Å². The molecule has 0 bridgehead atoms. The van der Waals surface area contributed by atoms with Crippen LogP contribution in [-0.2, 0) is 4.79 Å². The lowest BCUT2D eigenvalue weighted by Crippen LogP contribution is -2.31. The summed E-state index contributed by atoms with van der Waals surface area (Å²) in [6, 6.07) is 0. The van der Waals surface area contributed by atoms with Gasteiger partial charge in [-0.3, -0.25) is 4.79 Å². The molecule has 0 aromatic heterocycles. The number of halogens is 1. The average molecular weight is 193 g/mol. The molecule has 1 saturated carbocycles. The molecule has 0 spiro atoms.